The van der Waals surface area contributed by atoms with Crippen molar-refractivity contribution >= 4 is 0 Å². The normalized spacial score (nSPS) is 11.5. The molecule has 0 fully saturated rings. The highest BCUT2D eigenvalue weighted by molar-refractivity contribution is 5.25. The first kappa shape index (κ1) is 13.7. The van der Waals surface area contributed by atoms with E-state index in [9.17, 15) is 0 Å². The molecule has 0 aliphatic heterocycles. The van der Waals surface area contributed by atoms with Crippen LogP contribution in [0.15, 0.2) is 30.6 Å². The van der Waals surface area contributed by atoms with Gasteiger partial charge in [-0.1, -0.05) is 33.8 Å². The van der Waals surface area contributed by atoms with Gasteiger partial charge < -0.3 is 5.32 Å². The molecule has 0 bridgehead atoms. The molecule has 4 nitrogen and oxygen atoms in total. The average molecular weight is 258 g/mol. The number of nitrogens with zero attached hydrogens (tertiary/aromatic N) is 3. The summed E-state index contributed by atoms with van der Waals surface area (Å²) in [4.78, 5) is 4.46. The summed E-state index contributed by atoms with van der Waals surface area (Å²) < 4.78 is 1.83. The predicted molar refractivity (Wildman–Crippen MR) is 77.4 cm³/mol. The summed E-state index contributed by atoms with van der Waals surface area (Å²) in [5.41, 5.74) is 2.28. The summed E-state index contributed by atoms with van der Waals surface area (Å²) in [6.07, 6.45) is 3.87. The summed E-state index contributed by atoms with van der Waals surface area (Å²) in [7, 11) is 0. The Morgan fingerprint density at radius 2 is 1.95 bits per heavy atom. The fraction of sp³-hybridized carbons (Fsp3) is 0.467. The Bertz CT molecular complexity index is 511. The summed E-state index contributed by atoms with van der Waals surface area (Å²) in [6.45, 7) is 9.40. The van der Waals surface area contributed by atoms with E-state index in [4.69, 9.17) is 0 Å². The highest BCUT2D eigenvalue weighted by Gasteiger charge is 2.05. The second-order valence-electron chi connectivity index (χ2n) is 5.40. The molecule has 0 unspecified atom stereocenters. The number of nitrogens with one attached hydrogen (secondary N) is 1. The van der Waals surface area contributed by atoms with Crippen LogP contribution in [0.5, 0.6) is 0 Å². The molecular weight excluding hydrogens is 236 g/mol. The van der Waals surface area contributed by atoms with Crippen LogP contribution in [0.2, 0.25) is 0 Å². The van der Waals surface area contributed by atoms with Gasteiger partial charge in [0.1, 0.15) is 0 Å². The van der Waals surface area contributed by atoms with Crippen molar-refractivity contribution in [2.24, 2.45) is 0 Å². The van der Waals surface area contributed by atoms with Crippen molar-refractivity contribution in [2.75, 3.05) is 0 Å². The Kier molecular flexibility index (Phi) is 4.32. The van der Waals surface area contributed by atoms with Gasteiger partial charge in [0, 0.05) is 25.0 Å². The average Bonchev–Trinajstić information content (AvgIpc) is 2.86. The molecule has 2 rings (SSSR count). The molecular formula is C15H22N4. The lowest BCUT2D eigenvalue weighted by molar-refractivity contribution is 0.587. The molecule has 0 spiro atoms. The molecule has 0 aliphatic carbocycles. The molecule has 4 heteroatoms. The molecule has 2 aromatic heterocycles. The van der Waals surface area contributed by atoms with E-state index in [1.807, 2.05) is 29.2 Å². The van der Waals surface area contributed by atoms with E-state index in [0.29, 0.717) is 12.0 Å². The van der Waals surface area contributed by atoms with Crippen LogP contribution in [0.25, 0.3) is 5.82 Å². The standard InChI is InChI=1S/C15H22N4/c1-11(2)14-7-8-19(18-14)15-6-5-13(10-17-15)9-16-12(3)4/h5-8,10-12,16H,9H2,1-4H3. The van der Waals surface area contributed by atoms with Crippen LogP contribution < -0.4 is 5.32 Å². The lowest BCUT2D eigenvalue weighted by Crippen LogP contribution is -2.21. The maximum atomic E-state index is 4.52. The molecule has 0 atom stereocenters. The van der Waals surface area contributed by atoms with Gasteiger partial charge in [0.15, 0.2) is 5.82 Å². The Hall–Kier alpha value is -1.68. The number of pyridine rings is 1. The molecule has 102 valence electrons. The first-order valence-corrected chi connectivity index (χ1v) is 6.80. The van der Waals surface area contributed by atoms with Gasteiger partial charge in [0.05, 0.1) is 5.69 Å². The van der Waals surface area contributed by atoms with Crippen LogP contribution in [-0.2, 0) is 6.54 Å². The number of aromatic nitrogens is 3. The van der Waals surface area contributed by atoms with Crippen molar-refractivity contribution < 1.29 is 0 Å². The zero-order valence-corrected chi connectivity index (χ0v) is 12.1. The highest BCUT2D eigenvalue weighted by atomic mass is 15.3. The zero-order valence-electron chi connectivity index (χ0n) is 12.1. The lowest BCUT2D eigenvalue weighted by atomic mass is 10.1. The summed E-state index contributed by atoms with van der Waals surface area (Å²) in [5, 5.41) is 7.90. The van der Waals surface area contributed by atoms with Crippen LogP contribution in [-0.4, -0.2) is 20.8 Å². The smallest absolute Gasteiger partial charge is 0.153 e. The van der Waals surface area contributed by atoms with E-state index in [1.165, 1.54) is 5.56 Å². The van der Waals surface area contributed by atoms with Crippen molar-refractivity contribution in [1.29, 1.82) is 0 Å². The topological polar surface area (TPSA) is 42.7 Å². The van der Waals surface area contributed by atoms with Gasteiger partial charge >= 0.3 is 0 Å². The third kappa shape index (κ3) is 3.64. The fourth-order valence-electron chi connectivity index (χ4n) is 1.75. The largest absolute Gasteiger partial charge is 0.310 e. The van der Waals surface area contributed by atoms with Crippen molar-refractivity contribution in [3.05, 3.63) is 41.9 Å². The van der Waals surface area contributed by atoms with Crippen LogP contribution in [0.4, 0.5) is 0 Å². The molecule has 0 saturated heterocycles. The lowest BCUT2D eigenvalue weighted by Gasteiger charge is -2.08. The summed E-state index contributed by atoms with van der Waals surface area (Å²) in [5.74, 6) is 1.30. The SMILES string of the molecule is CC(C)NCc1ccc(-n2ccc(C(C)C)n2)nc1. The van der Waals surface area contributed by atoms with Gasteiger partial charge in [-0.3, -0.25) is 0 Å². The van der Waals surface area contributed by atoms with Crippen LogP contribution in [0.3, 0.4) is 0 Å². The Morgan fingerprint density at radius 3 is 2.47 bits per heavy atom. The van der Waals surface area contributed by atoms with Crippen molar-refractivity contribution in [1.82, 2.24) is 20.1 Å². The van der Waals surface area contributed by atoms with Gasteiger partial charge in [0.25, 0.3) is 0 Å². The highest BCUT2D eigenvalue weighted by Crippen LogP contribution is 2.13. The number of rotatable bonds is 5. The van der Waals surface area contributed by atoms with Crippen LogP contribution >= 0.6 is 0 Å². The van der Waals surface area contributed by atoms with E-state index >= 15 is 0 Å². The van der Waals surface area contributed by atoms with Crippen LogP contribution in [0, 0.1) is 0 Å². The van der Waals surface area contributed by atoms with E-state index in [0.717, 1.165) is 18.1 Å². The van der Waals surface area contributed by atoms with Crippen molar-refractivity contribution in [2.45, 2.75) is 46.2 Å². The minimum atomic E-state index is 0.441. The fourth-order valence-corrected chi connectivity index (χ4v) is 1.75. The quantitative estimate of drug-likeness (QED) is 0.896. The molecule has 0 radical (unpaired) electrons. The summed E-state index contributed by atoms with van der Waals surface area (Å²) in [6, 6.07) is 6.63. The zero-order chi connectivity index (χ0) is 13.8. The van der Waals surface area contributed by atoms with Gasteiger partial charge in [-0.05, 0) is 23.6 Å². The molecule has 0 aromatic carbocycles. The third-order valence-corrected chi connectivity index (χ3v) is 2.96. The van der Waals surface area contributed by atoms with Gasteiger partial charge in [-0.25, -0.2) is 9.67 Å². The maximum absolute atomic E-state index is 4.52. The molecule has 19 heavy (non-hydrogen) atoms. The minimum Gasteiger partial charge on any atom is -0.310 e. The van der Waals surface area contributed by atoms with Crippen molar-refractivity contribution in [3.63, 3.8) is 0 Å². The number of hydrogen-bond donors (Lipinski definition) is 1. The van der Waals surface area contributed by atoms with E-state index in [2.05, 4.69) is 49.2 Å². The van der Waals surface area contributed by atoms with Crippen molar-refractivity contribution in [3.8, 4) is 5.82 Å². The van der Waals surface area contributed by atoms with Gasteiger partial charge in [0.2, 0.25) is 0 Å². The third-order valence-electron chi connectivity index (χ3n) is 2.96. The molecule has 2 heterocycles. The van der Waals surface area contributed by atoms with E-state index in [-0.39, 0.29) is 0 Å². The first-order chi connectivity index (χ1) is 9.06. The predicted octanol–water partition coefficient (Wildman–Crippen LogP) is 2.89. The van der Waals surface area contributed by atoms with E-state index in [1.54, 1.807) is 0 Å². The molecule has 1 N–H and O–H groups in total. The van der Waals surface area contributed by atoms with E-state index < -0.39 is 0 Å². The first-order valence-electron chi connectivity index (χ1n) is 6.80. The van der Waals surface area contributed by atoms with Crippen LogP contribution in [0.1, 0.15) is 44.9 Å². The van der Waals surface area contributed by atoms with Gasteiger partial charge in [-0.2, -0.15) is 5.10 Å². The Balaban J connectivity index is 2.08. The Morgan fingerprint density at radius 1 is 1.16 bits per heavy atom. The minimum absolute atomic E-state index is 0.441. The Labute approximate surface area is 114 Å². The molecule has 0 amide bonds. The monoisotopic (exact) mass is 258 g/mol. The molecule has 0 aliphatic rings. The van der Waals surface area contributed by atoms with Gasteiger partial charge in [-0.15, -0.1) is 0 Å². The second-order valence-corrected chi connectivity index (χ2v) is 5.40. The number of hydrogen-bond acceptors (Lipinski definition) is 3. The molecule has 2 aromatic rings. The summed E-state index contributed by atoms with van der Waals surface area (Å²) >= 11 is 0. The maximum Gasteiger partial charge on any atom is 0.153 e. The molecule has 0 saturated carbocycles. The second kappa shape index (κ2) is 5.97.